The molecule has 0 saturated carbocycles. The van der Waals surface area contributed by atoms with Crippen LogP contribution in [0.1, 0.15) is 11.1 Å². The van der Waals surface area contributed by atoms with E-state index in [4.69, 9.17) is 23.2 Å². The van der Waals surface area contributed by atoms with Gasteiger partial charge in [-0.2, -0.15) is 0 Å². The molecule has 2 N–H and O–H groups in total. The van der Waals surface area contributed by atoms with Gasteiger partial charge in [0, 0.05) is 10.7 Å². The van der Waals surface area contributed by atoms with Crippen molar-refractivity contribution in [1.82, 2.24) is 0 Å². The van der Waals surface area contributed by atoms with Crippen molar-refractivity contribution in [2.75, 3.05) is 20.9 Å². The number of rotatable bonds is 9. The Hall–Kier alpha value is -3.57. The van der Waals surface area contributed by atoms with E-state index in [9.17, 15) is 21.6 Å². The summed E-state index contributed by atoms with van der Waals surface area (Å²) in [6, 6.07) is 22.9. The minimum atomic E-state index is -4.20. The Kier molecular flexibility index (Phi) is 8.74. The summed E-state index contributed by atoms with van der Waals surface area (Å²) in [5.74, 6) is -0.681. The average Bonchev–Trinajstić information content (AvgIpc) is 2.91. The van der Waals surface area contributed by atoms with E-state index in [0.29, 0.717) is 5.69 Å². The molecule has 0 aromatic heterocycles. The van der Waals surface area contributed by atoms with Crippen LogP contribution in [0.4, 0.5) is 17.1 Å². The molecule has 0 radical (unpaired) electrons. The first kappa shape index (κ1) is 29.4. The normalized spacial score (nSPS) is 11.6. The molecule has 0 aliphatic carbocycles. The van der Waals surface area contributed by atoms with Crippen LogP contribution in [-0.4, -0.2) is 29.3 Å². The Labute approximate surface area is 243 Å². The lowest BCUT2D eigenvalue weighted by atomic mass is 10.1. The quantitative estimate of drug-likeness (QED) is 0.231. The summed E-state index contributed by atoms with van der Waals surface area (Å²) in [5, 5.41) is 2.93. The lowest BCUT2D eigenvalue weighted by Crippen LogP contribution is -2.38. The van der Waals surface area contributed by atoms with Crippen molar-refractivity contribution < 1.29 is 21.6 Å². The second kappa shape index (κ2) is 11.9. The van der Waals surface area contributed by atoms with Crippen LogP contribution in [0.2, 0.25) is 10.0 Å². The van der Waals surface area contributed by atoms with E-state index in [0.717, 1.165) is 15.4 Å². The maximum Gasteiger partial charge on any atom is 0.264 e. The summed E-state index contributed by atoms with van der Waals surface area (Å²) in [4.78, 5) is 13.0. The molecule has 4 aromatic carbocycles. The highest BCUT2D eigenvalue weighted by atomic mass is 35.5. The number of aryl methyl sites for hydroxylation is 2. The lowest BCUT2D eigenvalue weighted by Gasteiger charge is -2.25. The van der Waals surface area contributed by atoms with Gasteiger partial charge >= 0.3 is 0 Å². The summed E-state index contributed by atoms with van der Waals surface area (Å²) in [6.07, 6.45) is 0. The fraction of sp³-hybridized carbons (Fsp3) is 0.107. The molecule has 0 heterocycles. The highest BCUT2D eigenvalue weighted by Crippen LogP contribution is 2.33. The number of hydrogen-bond donors (Lipinski definition) is 2. The van der Waals surface area contributed by atoms with Gasteiger partial charge in [0.25, 0.3) is 20.0 Å². The van der Waals surface area contributed by atoms with Crippen molar-refractivity contribution in [3.63, 3.8) is 0 Å². The molecule has 0 aliphatic heterocycles. The van der Waals surface area contributed by atoms with Crippen LogP contribution in [0, 0.1) is 13.8 Å². The minimum Gasteiger partial charge on any atom is -0.325 e. The first-order chi connectivity index (χ1) is 18.9. The van der Waals surface area contributed by atoms with E-state index >= 15 is 0 Å². The summed E-state index contributed by atoms with van der Waals surface area (Å²) in [6.45, 7) is 3.04. The Balaban J connectivity index is 1.56. The molecule has 0 unspecified atom stereocenters. The Morgan fingerprint density at radius 2 is 1.48 bits per heavy atom. The molecule has 40 heavy (non-hydrogen) atoms. The van der Waals surface area contributed by atoms with Crippen molar-refractivity contribution in [2.45, 2.75) is 23.6 Å². The molecule has 8 nitrogen and oxygen atoms in total. The van der Waals surface area contributed by atoms with Crippen molar-refractivity contribution in [2.24, 2.45) is 0 Å². The molecule has 0 aliphatic rings. The zero-order chi connectivity index (χ0) is 29.1. The molecule has 1 amide bonds. The molecule has 12 heteroatoms. The van der Waals surface area contributed by atoms with E-state index in [2.05, 4.69) is 10.0 Å². The van der Waals surface area contributed by atoms with Gasteiger partial charge in [-0.15, -0.1) is 0 Å². The average molecular weight is 619 g/mol. The minimum absolute atomic E-state index is 0.00889. The summed E-state index contributed by atoms with van der Waals surface area (Å²) < 4.78 is 56.3. The van der Waals surface area contributed by atoms with Crippen molar-refractivity contribution in [3.05, 3.63) is 112 Å². The summed E-state index contributed by atoms with van der Waals surface area (Å²) in [5.41, 5.74) is 2.45. The number of nitrogens with one attached hydrogen (secondary N) is 2. The van der Waals surface area contributed by atoms with Crippen molar-refractivity contribution in [1.29, 1.82) is 0 Å². The highest BCUT2D eigenvalue weighted by molar-refractivity contribution is 7.93. The number of benzene rings is 4. The number of carbonyl (C=O) groups is 1. The predicted octanol–water partition coefficient (Wildman–Crippen LogP) is 6.25. The molecular formula is C28H25Cl2N3O5S2. The van der Waals surface area contributed by atoms with Crippen LogP contribution < -0.4 is 14.3 Å². The molecule has 0 spiro atoms. The first-order valence-corrected chi connectivity index (χ1v) is 15.6. The number of sulfonamides is 2. The van der Waals surface area contributed by atoms with E-state index in [1.165, 1.54) is 54.6 Å². The second-order valence-corrected chi connectivity index (χ2v) is 13.3. The van der Waals surface area contributed by atoms with Gasteiger partial charge in [-0.05, 0) is 85.6 Å². The van der Waals surface area contributed by atoms with E-state index in [1.54, 1.807) is 31.2 Å². The van der Waals surface area contributed by atoms with Crippen LogP contribution in [0.5, 0.6) is 0 Å². The number of carbonyl (C=O) groups excluding carboxylic acids is 1. The zero-order valence-corrected chi connectivity index (χ0v) is 24.6. The van der Waals surface area contributed by atoms with Gasteiger partial charge in [-0.3, -0.25) is 13.8 Å². The van der Waals surface area contributed by atoms with Gasteiger partial charge < -0.3 is 5.32 Å². The fourth-order valence-electron chi connectivity index (χ4n) is 3.79. The van der Waals surface area contributed by atoms with Gasteiger partial charge in [0.2, 0.25) is 5.91 Å². The molecule has 0 fully saturated rings. The van der Waals surface area contributed by atoms with Crippen LogP contribution in [0.25, 0.3) is 0 Å². The van der Waals surface area contributed by atoms with E-state index in [-0.39, 0.29) is 31.2 Å². The third-order valence-corrected chi connectivity index (χ3v) is 9.59. The van der Waals surface area contributed by atoms with Gasteiger partial charge in [0.05, 0.1) is 26.2 Å². The van der Waals surface area contributed by atoms with Crippen molar-refractivity contribution >= 4 is 66.2 Å². The Morgan fingerprint density at radius 1 is 0.800 bits per heavy atom. The van der Waals surface area contributed by atoms with E-state index < -0.39 is 32.5 Å². The van der Waals surface area contributed by atoms with Crippen LogP contribution in [0.3, 0.4) is 0 Å². The summed E-state index contributed by atoms with van der Waals surface area (Å²) in [7, 11) is -8.09. The Bertz CT molecular complexity index is 1760. The third-order valence-electron chi connectivity index (χ3n) is 5.88. The Morgan fingerprint density at radius 3 is 2.15 bits per heavy atom. The number of amides is 1. The van der Waals surface area contributed by atoms with Gasteiger partial charge in [-0.25, -0.2) is 16.8 Å². The zero-order valence-electron chi connectivity index (χ0n) is 21.4. The monoisotopic (exact) mass is 617 g/mol. The SMILES string of the molecule is Cc1ccc(C)c(NS(=O)(=O)c2ccc(NC(=O)CN(c3cc(Cl)ccc3Cl)S(=O)(=O)c3ccccc3)cc2)c1. The number of halogens is 2. The largest absolute Gasteiger partial charge is 0.325 e. The predicted molar refractivity (Wildman–Crippen MR) is 159 cm³/mol. The maximum atomic E-state index is 13.5. The van der Waals surface area contributed by atoms with Crippen LogP contribution >= 0.6 is 23.2 Å². The highest BCUT2D eigenvalue weighted by Gasteiger charge is 2.29. The third kappa shape index (κ3) is 6.76. The lowest BCUT2D eigenvalue weighted by molar-refractivity contribution is -0.114. The van der Waals surface area contributed by atoms with Gasteiger partial charge in [0.15, 0.2) is 0 Å². The fourth-order valence-corrected chi connectivity index (χ4v) is 6.80. The first-order valence-electron chi connectivity index (χ1n) is 11.9. The topological polar surface area (TPSA) is 113 Å². The molecule has 4 rings (SSSR count). The molecule has 208 valence electrons. The van der Waals surface area contributed by atoms with E-state index in [1.807, 2.05) is 19.1 Å². The standard InChI is InChI=1S/C28H25Cl2N3O5S2/c1-19-8-9-20(2)26(16-19)32-39(35,36)23-13-11-22(12-14-23)31-28(34)18-33(27-17-21(29)10-15-25(27)30)40(37,38)24-6-4-3-5-7-24/h3-17,32H,18H2,1-2H3,(H,31,34). The van der Waals surface area contributed by atoms with Gasteiger partial charge in [-0.1, -0.05) is 53.5 Å². The molecule has 0 atom stereocenters. The van der Waals surface area contributed by atoms with Crippen molar-refractivity contribution in [3.8, 4) is 0 Å². The summed E-state index contributed by atoms with van der Waals surface area (Å²) >= 11 is 12.4. The molecule has 0 saturated heterocycles. The molecular weight excluding hydrogens is 593 g/mol. The smallest absolute Gasteiger partial charge is 0.264 e. The van der Waals surface area contributed by atoms with Gasteiger partial charge in [0.1, 0.15) is 6.54 Å². The molecule has 4 aromatic rings. The maximum absolute atomic E-state index is 13.5. The van der Waals surface area contributed by atoms with Crippen LogP contribution in [-0.2, 0) is 24.8 Å². The van der Waals surface area contributed by atoms with Crippen LogP contribution in [0.15, 0.2) is 101 Å². The number of nitrogens with zero attached hydrogens (tertiary/aromatic N) is 1. The second-order valence-electron chi connectivity index (χ2n) is 8.92. The number of anilines is 3. The number of hydrogen-bond acceptors (Lipinski definition) is 5. The molecule has 0 bridgehead atoms.